The molecule has 0 radical (unpaired) electrons. The van der Waals surface area contributed by atoms with Gasteiger partial charge in [0.25, 0.3) is 0 Å². The molecule has 0 spiro atoms. The maximum Gasteiger partial charge on any atom is 0.118 e. The third kappa shape index (κ3) is 9.09. The van der Waals surface area contributed by atoms with Gasteiger partial charge in [0.05, 0.1) is 7.11 Å². The zero-order chi connectivity index (χ0) is 16.6. The minimum Gasteiger partial charge on any atom is -0.497 e. The molecule has 0 aromatic carbocycles. The Morgan fingerprint density at radius 3 is 2.45 bits per heavy atom. The number of allylic oxidation sites excluding steroid dienone is 3. The fourth-order valence-corrected chi connectivity index (χ4v) is 2.84. The van der Waals surface area contributed by atoms with E-state index in [1.54, 1.807) is 13.2 Å². The van der Waals surface area contributed by atoms with Crippen molar-refractivity contribution in [2.45, 2.75) is 71.8 Å². The van der Waals surface area contributed by atoms with Crippen molar-refractivity contribution in [1.29, 1.82) is 0 Å². The van der Waals surface area contributed by atoms with Gasteiger partial charge in [-0.15, -0.1) is 0 Å². The number of unbranched alkanes of at least 4 members (excludes halogenated alkanes) is 2. The Kier molecular flexibility index (Phi) is 14.2. The Bertz CT molecular complexity index is 314. The van der Waals surface area contributed by atoms with Gasteiger partial charge in [0.15, 0.2) is 0 Å². The summed E-state index contributed by atoms with van der Waals surface area (Å²) < 4.78 is 5.16. The summed E-state index contributed by atoms with van der Waals surface area (Å²) in [6.07, 6.45) is 17.6. The van der Waals surface area contributed by atoms with Crippen LogP contribution in [0.25, 0.3) is 0 Å². The lowest BCUT2D eigenvalue weighted by Crippen LogP contribution is -2.34. The average molecular weight is 308 g/mol. The van der Waals surface area contributed by atoms with Crippen molar-refractivity contribution in [1.82, 2.24) is 4.90 Å². The minimum atomic E-state index is 0.807. The van der Waals surface area contributed by atoms with Crippen molar-refractivity contribution in [3.05, 3.63) is 36.6 Å². The van der Waals surface area contributed by atoms with Crippen LogP contribution in [0.5, 0.6) is 0 Å². The first-order chi connectivity index (χ1) is 10.8. The molecule has 0 aliphatic heterocycles. The van der Waals surface area contributed by atoms with E-state index < -0.39 is 0 Å². The molecule has 1 aliphatic rings. The molecule has 22 heavy (non-hydrogen) atoms. The van der Waals surface area contributed by atoms with E-state index in [1.165, 1.54) is 51.5 Å². The van der Waals surface area contributed by atoms with Gasteiger partial charge >= 0.3 is 0 Å². The van der Waals surface area contributed by atoms with Crippen LogP contribution in [0.1, 0.15) is 65.7 Å². The number of nitrogens with zero attached hydrogens (tertiary/aromatic N) is 1. The molecule has 0 bridgehead atoms. The van der Waals surface area contributed by atoms with Gasteiger partial charge < -0.3 is 4.74 Å². The molecular weight excluding hydrogens is 270 g/mol. The van der Waals surface area contributed by atoms with Crippen molar-refractivity contribution in [3.8, 4) is 0 Å². The third-order valence-electron chi connectivity index (χ3n) is 4.06. The van der Waals surface area contributed by atoms with Crippen LogP contribution in [-0.2, 0) is 4.74 Å². The number of hydrogen-bond donors (Lipinski definition) is 0. The molecule has 1 aliphatic carbocycles. The first-order valence-corrected chi connectivity index (χ1v) is 9.09. The molecule has 2 heteroatoms. The maximum absolute atomic E-state index is 5.16. The minimum absolute atomic E-state index is 0.807. The topological polar surface area (TPSA) is 12.5 Å². The first kappa shape index (κ1) is 21.0. The predicted octanol–water partition coefficient (Wildman–Crippen LogP) is 5.72. The highest BCUT2D eigenvalue weighted by Crippen LogP contribution is 2.23. The van der Waals surface area contributed by atoms with Crippen molar-refractivity contribution < 1.29 is 4.74 Å². The van der Waals surface area contributed by atoms with Gasteiger partial charge in [-0.1, -0.05) is 65.2 Å². The van der Waals surface area contributed by atoms with Crippen molar-refractivity contribution >= 4 is 0 Å². The lowest BCUT2D eigenvalue weighted by molar-refractivity contribution is 0.215. The molecule has 1 rings (SSSR count). The van der Waals surface area contributed by atoms with Crippen LogP contribution in [0.2, 0.25) is 0 Å². The molecule has 0 N–H and O–H groups in total. The van der Waals surface area contributed by atoms with Gasteiger partial charge in [-0.3, -0.25) is 4.90 Å². The largest absolute Gasteiger partial charge is 0.497 e. The van der Waals surface area contributed by atoms with Crippen LogP contribution < -0.4 is 0 Å². The van der Waals surface area contributed by atoms with Crippen molar-refractivity contribution in [2.75, 3.05) is 20.2 Å². The maximum atomic E-state index is 5.16. The van der Waals surface area contributed by atoms with Gasteiger partial charge in [0.2, 0.25) is 0 Å². The number of ether oxygens (including phenoxy) is 1. The smallest absolute Gasteiger partial charge is 0.118 e. The van der Waals surface area contributed by atoms with Crippen LogP contribution in [0.3, 0.4) is 0 Å². The average Bonchev–Trinajstić information content (AvgIpc) is 3.09. The van der Waals surface area contributed by atoms with Crippen molar-refractivity contribution in [2.24, 2.45) is 0 Å². The molecular formula is C20H37NO. The van der Waals surface area contributed by atoms with E-state index in [-0.39, 0.29) is 0 Å². The molecule has 1 fully saturated rings. The highest BCUT2D eigenvalue weighted by atomic mass is 16.5. The molecule has 0 aromatic rings. The monoisotopic (exact) mass is 307 g/mol. The van der Waals surface area contributed by atoms with Crippen LogP contribution in [-0.4, -0.2) is 31.1 Å². The molecule has 0 saturated heterocycles. The van der Waals surface area contributed by atoms with E-state index in [2.05, 4.69) is 30.6 Å². The van der Waals surface area contributed by atoms with Crippen LogP contribution in [0.4, 0.5) is 0 Å². The van der Waals surface area contributed by atoms with Gasteiger partial charge in [0.1, 0.15) is 5.76 Å². The quantitative estimate of drug-likeness (QED) is 0.291. The summed E-state index contributed by atoms with van der Waals surface area (Å²) in [7, 11) is 1.68. The molecule has 2 nitrogen and oxygen atoms in total. The summed E-state index contributed by atoms with van der Waals surface area (Å²) >= 11 is 0. The Morgan fingerprint density at radius 1 is 1.23 bits per heavy atom. The highest BCUT2D eigenvalue weighted by molar-refractivity contribution is 5.16. The number of methoxy groups -OCH3 is 1. The second kappa shape index (κ2) is 14.9. The highest BCUT2D eigenvalue weighted by Gasteiger charge is 2.20. The Labute approximate surface area is 138 Å². The first-order valence-electron chi connectivity index (χ1n) is 9.09. The third-order valence-corrected chi connectivity index (χ3v) is 4.06. The Hall–Kier alpha value is -1.02. The summed E-state index contributed by atoms with van der Waals surface area (Å²) in [5.74, 6) is 0.819. The molecule has 0 unspecified atom stereocenters. The lowest BCUT2D eigenvalue weighted by Gasteiger charge is -2.27. The van der Waals surface area contributed by atoms with E-state index in [9.17, 15) is 0 Å². The molecule has 0 atom stereocenters. The van der Waals surface area contributed by atoms with Crippen LogP contribution in [0.15, 0.2) is 36.6 Å². The summed E-state index contributed by atoms with van der Waals surface area (Å²) in [6.45, 7) is 12.3. The van der Waals surface area contributed by atoms with E-state index in [0.29, 0.717) is 0 Å². The summed E-state index contributed by atoms with van der Waals surface area (Å²) in [6, 6.07) is 0.807. The zero-order valence-electron chi connectivity index (χ0n) is 15.3. The van der Waals surface area contributed by atoms with Crippen LogP contribution >= 0.6 is 0 Å². The summed E-state index contributed by atoms with van der Waals surface area (Å²) in [5, 5.41) is 0. The second-order valence-corrected chi connectivity index (χ2v) is 5.55. The molecule has 0 aromatic heterocycles. The standard InChI is InChI=1S/C18H31NO.C2H6/c1-4-6-10-15-19(17-12-7-8-13-17)16-11-9-14-18(5-2)20-3;1-2/h5,9,11,14,17H,2,4,6-8,10,12-13,15-16H2,1,3H3;1-2H3/b11-9+,18-14+;. The van der Waals surface area contributed by atoms with E-state index >= 15 is 0 Å². The Morgan fingerprint density at radius 2 is 1.91 bits per heavy atom. The summed E-state index contributed by atoms with van der Waals surface area (Å²) in [4.78, 5) is 2.66. The fourth-order valence-electron chi connectivity index (χ4n) is 2.84. The van der Waals surface area contributed by atoms with Crippen molar-refractivity contribution in [3.63, 3.8) is 0 Å². The second-order valence-electron chi connectivity index (χ2n) is 5.55. The Balaban J connectivity index is 0.00000211. The normalized spacial score (nSPS) is 16.0. The van der Waals surface area contributed by atoms with E-state index in [1.807, 2.05) is 19.9 Å². The van der Waals surface area contributed by atoms with E-state index in [4.69, 9.17) is 4.74 Å². The SMILES string of the molecule is C=C/C(=C\C=C\CN(CCCCC)C1CCCC1)OC.CC. The van der Waals surface area contributed by atoms with Gasteiger partial charge in [-0.2, -0.15) is 0 Å². The molecule has 1 saturated carbocycles. The lowest BCUT2D eigenvalue weighted by atomic mass is 10.1. The summed E-state index contributed by atoms with van der Waals surface area (Å²) in [5.41, 5.74) is 0. The zero-order valence-corrected chi connectivity index (χ0v) is 15.3. The molecule has 0 amide bonds. The number of hydrogen-bond acceptors (Lipinski definition) is 2. The van der Waals surface area contributed by atoms with Gasteiger partial charge in [-0.25, -0.2) is 0 Å². The van der Waals surface area contributed by atoms with Gasteiger partial charge in [-0.05, 0) is 38.0 Å². The molecule has 128 valence electrons. The fraction of sp³-hybridized carbons (Fsp3) is 0.700. The molecule has 0 heterocycles. The number of rotatable bonds is 10. The van der Waals surface area contributed by atoms with Crippen LogP contribution in [0, 0.1) is 0 Å². The van der Waals surface area contributed by atoms with E-state index in [0.717, 1.165) is 18.3 Å². The van der Waals surface area contributed by atoms with Gasteiger partial charge in [0, 0.05) is 12.6 Å². The predicted molar refractivity (Wildman–Crippen MR) is 99.1 cm³/mol.